The van der Waals surface area contributed by atoms with Crippen LogP contribution in [0.4, 0.5) is 0 Å². The van der Waals surface area contributed by atoms with Gasteiger partial charge in [0.2, 0.25) is 0 Å². The first-order chi connectivity index (χ1) is 6.14. The molecule has 0 spiro atoms. The largest absolute Gasteiger partial charge is 0.292 e. The van der Waals surface area contributed by atoms with Crippen LogP contribution < -0.4 is 5.32 Å². The van der Waals surface area contributed by atoms with Gasteiger partial charge in [0.1, 0.15) is 0 Å². The lowest BCUT2D eigenvalue weighted by molar-refractivity contribution is 0.421. The molecule has 0 radical (unpaired) electrons. The maximum absolute atomic E-state index is 3.63. The highest BCUT2D eigenvalue weighted by atomic mass is 15.1. The third-order valence-corrected chi connectivity index (χ3v) is 3.32. The molecule has 2 atom stereocenters. The van der Waals surface area contributed by atoms with Gasteiger partial charge < -0.3 is 0 Å². The lowest BCUT2D eigenvalue weighted by Gasteiger charge is -2.19. The summed E-state index contributed by atoms with van der Waals surface area (Å²) < 4.78 is 0. The van der Waals surface area contributed by atoms with Gasteiger partial charge in [-0.1, -0.05) is 36.4 Å². The van der Waals surface area contributed by atoms with Gasteiger partial charge in [0.15, 0.2) is 0 Å². The highest BCUT2D eigenvalue weighted by Crippen LogP contribution is 2.47. The summed E-state index contributed by atoms with van der Waals surface area (Å²) in [6.45, 7) is 4.47. The molecule has 1 N–H and O–H groups in total. The van der Waals surface area contributed by atoms with Gasteiger partial charge in [0.25, 0.3) is 0 Å². The maximum atomic E-state index is 3.63. The molecule has 1 nitrogen and oxygen atoms in total. The smallest absolute Gasteiger partial charge is 0.0605 e. The predicted octanol–water partition coefficient (Wildman–Crippen LogP) is 2.29. The molecule has 0 saturated heterocycles. The Bertz CT molecular complexity index is 370. The van der Waals surface area contributed by atoms with Crippen molar-refractivity contribution in [2.24, 2.45) is 0 Å². The molecule has 1 heteroatoms. The number of fused-ring (bicyclic) bond motifs is 5. The lowest BCUT2D eigenvalue weighted by Crippen LogP contribution is -2.35. The summed E-state index contributed by atoms with van der Waals surface area (Å²) in [6, 6.07) is 8.67. The van der Waals surface area contributed by atoms with E-state index in [0.29, 0.717) is 0 Å². The van der Waals surface area contributed by atoms with Gasteiger partial charge in [-0.2, -0.15) is 0 Å². The Kier molecular flexibility index (Phi) is 1.06. The summed E-state index contributed by atoms with van der Waals surface area (Å²) in [5.74, 6) is 0. The minimum atomic E-state index is 0.0747. The predicted molar refractivity (Wildman–Crippen MR) is 53.4 cm³/mol. The zero-order valence-electron chi connectivity index (χ0n) is 7.96. The highest BCUT2D eigenvalue weighted by Gasteiger charge is 2.47. The molecule has 0 saturated carbocycles. The Hall–Kier alpha value is -1.08. The van der Waals surface area contributed by atoms with Crippen molar-refractivity contribution in [2.75, 3.05) is 0 Å². The number of hydrogen-bond donors (Lipinski definition) is 1. The van der Waals surface area contributed by atoms with Crippen LogP contribution in [0.2, 0.25) is 0 Å². The van der Waals surface area contributed by atoms with Crippen LogP contribution in [0.5, 0.6) is 0 Å². The second-order valence-electron chi connectivity index (χ2n) is 4.41. The van der Waals surface area contributed by atoms with Crippen LogP contribution in [0.3, 0.4) is 0 Å². The molecule has 0 aromatic heterocycles. The SMILES string of the molecule is CC12C=CC(C)(N1)c1ccccc12. The Balaban J connectivity index is 2.35. The van der Waals surface area contributed by atoms with Crippen molar-refractivity contribution in [1.82, 2.24) is 5.32 Å². The fraction of sp³-hybridized carbons (Fsp3) is 0.333. The molecule has 2 bridgehead atoms. The minimum absolute atomic E-state index is 0.0747. The maximum Gasteiger partial charge on any atom is 0.0605 e. The summed E-state index contributed by atoms with van der Waals surface area (Å²) in [5, 5.41) is 3.63. The normalized spacial score (nSPS) is 39.5. The fourth-order valence-corrected chi connectivity index (χ4v) is 2.66. The van der Waals surface area contributed by atoms with Gasteiger partial charge in [-0.05, 0) is 25.0 Å². The Labute approximate surface area is 78.5 Å². The van der Waals surface area contributed by atoms with Crippen molar-refractivity contribution in [3.05, 3.63) is 47.5 Å². The van der Waals surface area contributed by atoms with E-state index < -0.39 is 0 Å². The van der Waals surface area contributed by atoms with Gasteiger partial charge in [0.05, 0.1) is 11.1 Å². The summed E-state index contributed by atoms with van der Waals surface area (Å²) in [4.78, 5) is 0. The van der Waals surface area contributed by atoms with Crippen molar-refractivity contribution in [3.63, 3.8) is 0 Å². The molecule has 2 heterocycles. The fourth-order valence-electron chi connectivity index (χ4n) is 2.66. The van der Waals surface area contributed by atoms with Crippen molar-refractivity contribution in [2.45, 2.75) is 24.9 Å². The van der Waals surface area contributed by atoms with E-state index in [1.807, 2.05) is 0 Å². The van der Waals surface area contributed by atoms with Gasteiger partial charge >= 0.3 is 0 Å². The average molecular weight is 171 g/mol. The summed E-state index contributed by atoms with van der Waals surface area (Å²) in [6.07, 6.45) is 4.55. The van der Waals surface area contributed by atoms with Crippen molar-refractivity contribution >= 4 is 0 Å². The van der Waals surface area contributed by atoms with Gasteiger partial charge in [-0.3, -0.25) is 5.32 Å². The van der Waals surface area contributed by atoms with Gasteiger partial charge in [-0.15, -0.1) is 0 Å². The first kappa shape index (κ1) is 7.34. The van der Waals surface area contributed by atoms with E-state index in [1.54, 1.807) is 0 Å². The highest BCUT2D eigenvalue weighted by molar-refractivity contribution is 5.53. The zero-order valence-corrected chi connectivity index (χ0v) is 7.96. The van der Waals surface area contributed by atoms with E-state index in [9.17, 15) is 0 Å². The zero-order chi connectivity index (χ0) is 9.10. The second kappa shape index (κ2) is 1.88. The quantitative estimate of drug-likeness (QED) is 0.590. The molecule has 3 rings (SSSR count). The summed E-state index contributed by atoms with van der Waals surface area (Å²) >= 11 is 0. The third kappa shape index (κ3) is 0.713. The van der Waals surface area contributed by atoms with Crippen molar-refractivity contribution in [3.8, 4) is 0 Å². The van der Waals surface area contributed by atoms with E-state index in [1.165, 1.54) is 11.1 Å². The molecular formula is C12H13N. The number of hydrogen-bond acceptors (Lipinski definition) is 1. The van der Waals surface area contributed by atoms with Crippen LogP contribution in [0.1, 0.15) is 25.0 Å². The van der Waals surface area contributed by atoms with Crippen molar-refractivity contribution in [1.29, 1.82) is 0 Å². The Morgan fingerprint density at radius 2 is 1.38 bits per heavy atom. The van der Waals surface area contributed by atoms with E-state index in [0.717, 1.165) is 0 Å². The number of nitrogens with one attached hydrogen (secondary N) is 1. The summed E-state index contributed by atoms with van der Waals surface area (Å²) in [7, 11) is 0. The monoisotopic (exact) mass is 171 g/mol. The van der Waals surface area contributed by atoms with Crippen LogP contribution in [0.25, 0.3) is 0 Å². The van der Waals surface area contributed by atoms with Crippen molar-refractivity contribution < 1.29 is 0 Å². The molecule has 13 heavy (non-hydrogen) atoms. The molecule has 1 aromatic rings. The Morgan fingerprint density at radius 3 is 1.85 bits per heavy atom. The van der Waals surface area contributed by atoms with Crippen LogP contribution >= 0.6 is 0 Å². The second-order valence-corrected chi connectivity index (χ2v) is 4.41. The number of rotatable bonds is 0. The molecule has 2 aliphatic rings. The first-order valence-corrected chi connectivity index (χ1v) is 4.74. The van der Waals surface area contributed by atoms with Gasteiger partial charge in [0, 0.05) is 0 Å². The Morgan fingerprint density at radius 1 is 0.923 bits per heavy atom. The molecular weight excluding hydrogens is 158 g/mol. The molecule has 2 aliphatic heterocycles. The molecule has 1 aromatic carbocycles. The molecule has 2 unspecified atom stereocenters. The van der Waals surface area contributed by atoms with Gasteiger partial charge in [-0.25, -0.2) is 0 Å². The van der Waals surface area contributed by atoms with Crippen LogP contribution in [0.15, 0.2) is 36.4 Å². The van der Waals surface area contributed by atoms with Crippen LogP contribution in [-0.2, 0) is 11.1 Å². The average Bonchev–Trinajstić information content (AvgIpc) is 2.55. The minimum Gasteiger partial charge on any atom is -0.292 e. The van der Waals surface area contributed by atoms with E-state index >= 15 is 0 Å². The van der Waals surface area contributed by atoms with E-state index in [-0.39, 0.29) is 11.1 Å². The summed E-state index contributed by atoms with van der Waals surface area (Å²) in [5.41, 5.74) is 3.01. The van der Waals surface area contributed by atoms with E-state index in [2.05, 4.69) is 55.6 Å². The topological polar surface area (TPSA) is 12.0 Å². The molecule has 0 fully saturated rings. The van der Waals surface area contributed by atoms with E-state index in [4.69, 9.17) is 0 Å². The lowest BCUT2D eigenvalue weighted by atomic mass is 9.84. The standard InChI is InChI=1S/C12H13N/c1-11-7-8-12(2,13-11)10-6-4-3-5-9(10)11/h3-8,13H,1-2H3. The van der Waals surface area contributed by atoms with Crippen LogP contribution in [0, 0.1) is 0 Å². The first-order valence-electron chi connectivity index (χ1n) is 4.74. The molecule has 0 amide bonds. The number of benzene rings is 1. The molecule has 0 aliphatic carbocycles. The molecule has 66 valence electrons. The third-order valence-electron chi connectivity index (χ3n) is 3.32. The van der Waals surface area contributed by atoms with Crippen LogP contribution in [-0.4, -0.2) is 0 Å².